The largest absolute Gasteiger partial charge is 0.372 e. The van der Waals surface area contributed by atoms with Crippen molar-refractivity contribution in [3.63, 3.8) is 0 Å². The zero-order chi connectivity index (χ0) is 33.1. The molecule has 2 aromatic rings. The van der Waals surface area contributed by atoms with Gasteiger partial charge in [0.2, 0.25) is 6.41 Å². The number of primary amides is 1. The molecule has 0 radical (unpaired) electrons. The molecule has 9 heteroatoms. The van der Waals surface area contributed by atoms with Crippen LogP contribution in [0, 0.1) is 16.7 Å². The van der Waals surface area contributed by atoms with Crippen molar-refractivity contribution >= 4 is 18.0 Å². The number of nitrogens with zero attached hydrogens (tertiary/aromatic N) is 2. The SMILES string of the molecule is CC.CC.CC.CCc1ccc2c(c1)CCc1cc(C(=O)C#N)ccc1C2(CC(N)C(C)(C)C)/C(=N/N)NN.NC=O. The molecule has 1 aliphatic carbocycles. The first-order valence-electron chi connectivity index (χ1n) is 14.9. The quantitative estimate of drug-likeness (QED) is 0.0623. The van der Waals surface area contributed by atoms with E-state index in [0.29, 0.717) is 24.2 Å². The van der Waals surface area contributed by atoms with Gasteiger partial charge in [-0.25, -0.2) is 5.84 Å². The van der Waals surface area contributed by atoms with E-state index < -0.39 is 11.2 Å². The van der Waals surface area contributed by atoms with Gasteiger partial charge in [0.15, 0.2) is 5.84 Å². The van der Waals surface area contributed by atoms with Crippen LogP contribution in [0.1, 0.15) is 114 Å². The molecule has 9 N–H and O–H groups in total. The van der Waals surface area contributed by atoms with Gasteiger partial charge in [-0.3, -0.25) is 9.59 Å². The van der Waals surface area contributed by atoms with Gasteiger partial charge in [0, 0.05) is 11.6 Å². The lowest BCUT2D eigenvalue weighted by Gasteiger charge is -2.41. The fourth-order valence-corrected chi connectivity index (χ4v) is 4.81. The molecule has 2 aromatic carbocycles. The summed E-state index contributed by atoms with van der Waals surface area (Å²) in [6, 6.07) is 13.4. The second-order valence-corrected chi connectivity index (χ2v) is 10.00. The number of hydrogen-bond donors (Lipinski definition) is 5. The third kappa shape index (κ3) is 9.68. The Morgan fingerprint density at radius 3 is 1.93 bits per heavy atom. The van der Waals surface area contributed by atoms with E-state index in [1.165, 1.54) is 11.1 Å². The summed E-state index contributed by atoms with van der Waals surface area (Å²) in [4.78, 5) is 20.7. The van der Waals surface area contributed by atoms with Crippen LogP contribution in [0.15, 0.2) is 41.5 Å². The zero-order valence-corrected chi connectivity index (χ0v) is 27.5. The molecule has 0 spiro atoms. The second kappa shape index (κ2) is 20.2. The highest BCUT2D eigenvalue weighted by molar-refractivity contribution is 6.08. The molecule has 3 rings (SSSR count). The Kier molecular flexibility index (Phi) is 19.4. The molecule has 0 bridgehead atoms. The maximum absolute atomic E-state index is 12.1. The molecule has 1 aliphatic rings. The van der Waals surface area contributed by atoms with E-state index in [1.54, 1.807) is 12.1 Å². The molecule has 0 saturated heterocycles. The molecule has 0 fully saturated rings. The summed E-state index contributed by atoms with van der Waals surface area (Å²) in [7, 11) is 0. The molecule has 1 amide bonds. The predicted octanol–water partition coefficient (Wildman–Crippen LogP) is 5.02. The van der Waals surface area contributed by atoms with Crippen molar-refractivity contribution in [3.8, 4) is 6.07 Å². The lowest BCUT2D eigenvalue weighted by Crippen LogP contribution is -2.53. The Bertz CT molecular complexity index is 1180. The standard InChI is InChI=1S/C26H34N6O.3C2H6.CH3NO/c1-5-16-6-10-20-17(12-16)7-8-18-13-19(22(33)15-27)9-11-21(18)26(20,24(31-29)32-30)14-23(28)25(2,3)4;3*1-2;2-1-3/h6,9-13,23H,5,7-8,14,28-30H2,1-4H3,(H,31,32);3*1-2H3;1H,(H2,2,3). The minimum absolute atomic E-state index is 0.186. The van der Waals surface area contributed by atoms with Crippen LogP contribution in [-0.4, -0.2) is 24.1 Å². The monoisotopic (exact) mass is 581 g/mol. The summed E-state index contributed by atoms with van der Waals surface area (Å²) in [5.74, 6) is 11.8. The molecule has 0 aliphatic heterocycles. The molecule has 0 heterocycles. The average molecular weight is 582 g/mol. The Morgan fingerprint density at radius 1 is 1.05 bits per heavy atom. The van der Waals surface area contributed by atoms with Crippen molar-refractivity contribution in [2.24, 2.45) is 33.7 Å². The van der Waals surface area contributed by atoms with Crippen molar-refractivity contribution in [1.29, 1.82) is 5.26 Å². The number of amidine groups is 1. The maximum atomic E-state index is 12.1. The molecular weight excluding hydrogens is 526 g/mol. The van der Waals surface area contributed by atoms with E-state index in [-0.39, 0.29) is 17.9 Å². The smallest absolute Gasteiger partial charge is 0.262 e. The summed E-state index contributed by atoms with van der Waals surface area (Å²) in [6.45, 7) is 20.4. The fourth-order valence-electron chi connectivity index (χ4n) is 4.81. The summed E-state index contributed by atoms with van der Waals surface area (Å²) in [5.41, 5.74) is 18.4. The first-order chi connectivity index (χ1) is 20.0. The number of ketones is 1. The Labute approximate surface area is 254 Å². The number of carbonyl (C=O) groups excluding carboxylic acids is 2. The first kappa shape index (κ1) is 40.4. The van der Waals surface area contributed by atoms with Crippen molar-refractivity contribution < 1.29 is 9.59 Å². The Hall–Kier alpha value is -3.74. The lowest BCUT2D eigenvalue weighted by atomic mass is 9.64. The zero-order valence-electron chi connectivity index (χ0n) is 27.5. The van der Waals surface area contributed by atoms with Crippen molar-refractivity contribution in [2.75, 3.05) is 0 Å². The van der Waals surface area contributed by atoms with Crippen LogP contribution >= 0.6 is 0 Å². The Morgan fingerprint density at radius 2 is 1.52 bits per heavy atom. The van der Waals surface area contributed by atoms with Crippen LogP contribution < -0.4 is 28.6 Å². The maximum Gasteiger partial charge on any atom is 0.262 e. The number of rotatable bonds is 5. The topological polar surface area (TPSA) is 186 Å². The van der Waals surface area contributed by atoms with E-state index in [2.05, 4.69) is 62.2 Å². The average Bonchev–Trinajstić information content (AvgIpc) is 3.14. The summed E-state index contributed by atoms with van der Waals surface area (Å²) < 4.78 is 0. The minimum Gasteiger partial charge on any atom is -0.372 e. The van der Waals surface area contributed by atoms with Crippen molar-refractivity contribution in [2.45, 2.75) is 106 Å². The number of hydrazone groups is 1. The van der Waals surface area contributed by atoms with Crippen LogP contribution in [0.25, 0.3) is 0 Å². The van der Waals surface area contributed by atoms with Gasteiger partial charge in [-0.1, -0.05) is 93.5 Å². The number of nitrogens with one attached hydrogen (secondary N) is 1. The molecule has 42 heavy (non-hydrogen) atoms. The summed E-state index contributed by atoms with van der Waals surface area (Å²) >= 11 is 0. The van der Waals surface area contributed by atoms with Gasteiger partial charge < -0.3 is 22.7 Å². The lowest BCUT2D eigenvalue weighted by molar-refractivity contribution is -0.106. The third-order valence-electron chi connectivity index (χ3n) is 6.94. The van der Waals surface area contributed by atoms with Crippen LogP contribution in [0.3, 0.4) is 0 Å². The number of aryl methyl sites for hydroxylation is 3. The highest BCUT2D eigenvalue weighted by Gasteiger charge is 2.46. The number of amides is 1. The van der Waals surface area contributed by atoms with Gasteiger partial charge in [0.25, 0.3) is 5.78 Å². The van der Waals surface area contributed by atoms with Crippen LogP contribution in [0.4, 0.5) is 0 Å². The number of hydrogen-bond acceptors (Lipinski definition) is 7. The molecule has 0 saturated carbocycles. The number of nitriles is 1. The van der Waals surface area contributed by atoms with Crippen LogP contribution in [-0.2, 0) is 29.5 Å². The van der Waals surface area contributed by atoms with Gasteiger partial charge >= 0.3 is 0 Å². The van der Waals surface area contributed by atoms with Crippen molar-refractivity contribution in [1.82, 2.24) is 5.43 Å². The highest BCUT2D eigenvalue weighted by Crippen LogP contribution is 2.45. The van der Waals surface area contributed by atoms with Gasteiger partial charge in [-0.2, -0.15) is 10.4 Å². The number of benzene rings is 2. The van der Waals surface area contributed by atoms with E-state index in [1.807, 2.05) is 53.7 Å². The number of hydrazine groups is 1. The molecular formula is C33H55N7O2. The molecule has 2 atom stereocenters. The molecule has 9 nitrogen and oxygen atoms in total. The van der Waals surface area contributed by atoms with Gasteiger partial charge in [-0.15, -0.1) is 0 Å². The van der Waals surface area contributed by atoms with Gasteiger partial charge in [0.05, 0.1) is 5.41 Å². The van der Waals surface area contributed by atoms with Crippen LogP contribution in [0.2, 0.25) is 0 Å². The third-order valence-corrected chi connectivity index (χ3v) is 6.94. The normalized spacial score (nSPS) is 15.6. The van der Waals surface area contributed by atoms with E-state index in [9.17, 15) is 4.79 Å². The molecule has 0 aromatic heterocycles. The summed E-state index contributed by atoms with van der Waals surface area (Å²) in [6.07, 6.45) is 3.16. The minimum atomic E-state index is -0.835. The predicted molar refractivity (Wildman–Crippen MR) is 176 cm³/mol. The van der Waals surface area contributed by atoms with E-state index >= 15 is 0 Å². The summed E-state index contributed by atoms with van der Waals surface area (Å²) in [5, 5.41) is 13.2. The van der Waals surface area contributed by atoms with Crippen molar-refractivity contribution in [3.05, 3.63) is 69.8 Å². The van der Waals surface area contributed by atoms with E-state index in [0.717, 1.165) is 29.5 Å². The number of Topliss-reactive ketones (excluding diaryl/α,β-unsaturated/α-hetero) is 1. The van der Waals surface area contributed by atoms with Crippen LogP contribution in [0.5, 0.6) is 0 Å². The van der Waals surface area contributed by atoms with E-state index in [4.69, 9.17) is 27.5 Å². The molecule has 234 valence electrons. The Balaban J connectivity index is 0. The van der Waals surface area contributed by atoms with Gasteiger partial charge in [0.1, 0.15) is 6.07 Å². The fraction of sp³-hybridized carbons (Fsp3) is 0.515. The highest BCUT2D eigenvalue weighted by atomic mass is 16.1. The number of fused-ring (bicyclic) bond motifs is 2. The second-order valence-electron chi connectivity index (χ2n) is 10.00. The number of carbonyl (C=O) groups is 2. The van der Waals surface area contributed by atoms with Gasteiger partial charge in [-0.05, 0) is 71.0 Å². The molecule has 2 unspecified atom stereocenters. The number of nitrogens with two attached hydrogens (primary N) is 4. The first-order valence-corrected chi connectivity index (χ1v) is 14.9.